The molecule has 1 aliphatic carbocycles. The fourth-order valence-corrected chi connectivity index (χ4v) is 4.68. The average Bonchev–Trinajstić information content (AvgIpc) is 2.41. The Morgan fingerprint density at radius 2 is 1.83 bits per heavy atom. The molecule has 1 unspecified atom stereocenters. The molecule has 0 spiro atoms. The summed E-state index contributed by atoms with van der Waals surface area (Å²) in [6.45, 7) is 15.1. The Labute approximate surface area is 143 Å². The minimum atomic E-state index is -1.10. The van der Waals surface area contributed by atoms with Crippen molar-refractivity contribution < 1.29 is 19.1 Å². The SMILES string of the molecule is C[SiH](C)OC([C@@H]1CCC[C@H](COC(C)(C)C(=O)O)C1)C(C)(C)C. The van der Waals surface area contributed by atoms with E-state index in [1.165, 1.54) is 12.8 Å². The van der Waals surface area contributed by atoms with Gasteiger partial charge in [-0.05, 0) is 63.5 Å². The smallest absolute Gasteiger partial charge is 0.335 e. The van der Waals surface area contributed by atoms with Crippen LogP contribution in [0.15, 0.2) is 0 Å². The van der Waals surface area contributed by atoms with Crippen molar-refractivity contribution in [1.82, 2.24) is 0 Å². The summed E-state index contributed by atoms with van der Waals surface area (Å²) in [5.74, 6) is 0.0985. The van der Waals surface area contributed by atoms with Crippen molar-refractivity contribution in [1.29, 1.82) is 0 Å². The van der Waals surface area contributed by atoms with Crippen LogP contribution in [0.25, 0.3) is 0 Å². The highest BCUT2D eigenvalue weighted by Gasteiger charge is 2.37. The lowest BCUT2D eigenvalue weighted by molar-refractivity contribution is -0.163. The third kappa shape index (κ3) is 6.55. The third-order valence-electron chi connectivity index (χ3n) is 4.72. The maximum absolute atomic E-state index is 11.2. The lowest BCUT2D eigenvalue weighted by Crippen LogP contribution is -2.42. The second-order valence-electron chi connectivity index (χ2n) is 8.89. The van der Waals surface area contributed by atoms with Crippen LogP contribution in [0.3, 0.4) is 0 Å². The molecule has 0 heterocycles. The topological polar surface area (TPSA) is 55.8 Å². The second-order valence-corrected chi connectivity index (χ2v) is 11.3. The monoisotopic (exact) mass is 344 g/mol. The van der Waals surface area contributed by atoms with Crippen molar-refractivity contribution in [2.24, 2.45) is 17.3 Å². The van der Waals surface area contributed by atoms with E-state index in [4.69, 9.17) is 9.16 Å². The highest BCUT2D eigenvalue weighted by atomic mass is 28.3. The van der Waals surface area contributed by atoms with E-state index in [9.17, 15) is 9.90 Å². The summed E-state index contributed by atoms with van der Waals surface area (Å²) in [7, 11) is -1.09. The van der Waals surface area contributed by atoms with Gasteiger partial charge in [0.15, 0.2) is 14.6 Å². The van der Waals surface area contributed by atoms with Gasteiger partial charge in [-0.2, -0.15) is 0 Å². The predicted molar refractivity (Wildman–Crippen MR) is 96.3 cm³/mol. The van der Waals surface area contributed by atoms with Crippen molar-refractivity contribution in [2.75, 3.05) is 6.61 Å². The number of ether oxygens (including phenoxy) is 1. The highest BCUT2D eigenvalue weighted by molar-refractivity contribution is 6.48. The summed E-state index contributed by atoms with van der Waals surface area (Å²) in [5, 5.41) is 9.18. The van der Waals surface area contributed by atoms with E-state index >= 15 is 0 Å². The number of carbonyl (C=O) groups is 1. The zero-order valence-electron chi connectivity index (χ0n) is 16.0. The van der Waals surface area contributed by atoms with Crippen LogP contribution >= 0.6 is 0 Å². The summed E-state index contributed by atoms with van der Waals surface area (Å²) in [6.07, 6.45) is 4.90. The first kappa shape index (κ1) is 20.7. The molecule has 23 heavy (non-hydrogen) atoms. The molecular weight excluding hydrogens is 308 g/mol. The Bertz CT molecular complexity index is 387. The number of hydrogen-bond donors (Lipinski definition) is 1. The zero-order valence-corrected chi connectivity index (χ0v) is 17.2. The van der Waals surface area contributed by atoms with Crippen molar-refractivity contribution in [3.63, 3.8) is 0 Å². The van der Waals surface area contributed by atoms with Gasteiger partial charge in [-0.3, -0.25) is 0 Å². The molecule has 1 N–H and O–H groups in total. The fraction of sp³-hybridized carbons (Fsp3) is 0.944. The molecule has 1 aliphatic rings. The summed E-state index contributed by atoms with van der Waals surface area (Å²) >= 11 is 0. The number of rotatable bonds is 7. The summed E-state index contributed by atoms with van der Waals surface area (Å²) in [5.41, 5.74) is -0.956. The summed E-state index contributed by atoms with van der Waals surface area (Å²) in [4.78, 5) is 11.2. The van der Waals surface area contributed by atoms with E-state index in [-0.39, 0.29) is 5.41 Å². The van der Waals surface area contributed by atoms with Gasteiger partial charge < -0.3 is 14.3 Å². The second kappa shape index (κ2) is 8.12. The minimum Gasteiger partial charge on any atom is -0.479 e. The van der Waals surface area contributed by atoms with Crippen LogP contribution < -0.4 is 0 Å². The average molecular weight is 345 g/mol. The molecule has 0 aromatic carbocycles. The normalized spacial score (nSPS) is 24.7. The van der Waals surface area contributed by atoms with E-state index in [0.29, 0.717) is 24.5 Å². The summed E-state index contributed by atoms with van der Waals surface area (Å²) < 4.78 is 12.1. The van der Waals surface area contributed by atoms with Crippen molar-refractivity contribution in [3.05, 3.63) is 0 Å². The molecule has 0 radical (unpaired) electrons. The Hall–Kier alpha value is -0.393. The van der Waals surface area contributed by atoms with Gasteiger partial charge in [-0.25, -0.2) is 4.79 Å². The molecular formula is C18H36O4Si. The Kier molecular flexibility index (Phi) is 7.29. The third-order valence-corrected chi connectivity index (χ3v) is 5.56. The number of aliphatic carboxylic acids is 1. The minimum absolute atomic E-state index is 0.144. The van der Waals surface area contributed by atoms with Crippen molar-refractivity contribution >= 4 is 15.0 Å². The first-order chi connectivity index (χ1) is 10.4. The van der Waals surface area contributed by atoms with Crippen molar-refractivity contribution in [3.8, 4) is 0 Å². The molecule has 0 amide bonds. The molecule has 0 aromatic rings. The van der Waals surface area contributed by atoms with Gasteiger partial charge in [-0.15, -0.1) is 0 Å². The predicted octanol–water partition coefficient (Wildman–Crippen LogP) is 4.09. The molecule has 0 bridgehead atoms. The molecule has 3 atom stereocenters. The number of hydrogen-bond acceptors (Lipinski definition) is 3. The molecule has 136 valence electrons. The van der Waals surface area contributed by atoms with Gasteiger partial charge in [0, 0.05) is 0 Å². The standard InChI is InChI=1S/C18H36O4Si/c1-17(2,3)15(22-23(6)7)14-10-8-9-13(11-14)12-21-18(4,5)16(19)20/h13-15,23H,8-12H2,1-7H3,(H,19,20)/t13-,14+,15?/m0/s1. The lowest BCUT2D eigenvalue weighted by Gasteiger charge is -2.42. The fourth-order valence-electron chi connectivity index (χ4n) is 3.46. The Morgan fingerprint density at radius 1 is 1.22 bits per heavy atom. The van der Waals surface area contributed by atoms with Crippen molar-refractivity contribution in [2.45, 2.75) is 85.1 Å². The van der Waals surface area contributed by atoms with Crippen LogP contribution in [0.5, 0.6) is 0 Å². The maximum Gasteiger partial charge on any atom is 0.335 e. The molecule has 0 saturated heterocycles. The molecule has 1 saturated carbocycles. The first-order valence-corrected chi connectivity index (χ1v) is 11.7. The van der Waals surface area contributed by atoms with Crippen LogP contribution in [0.1, 0.15) is 60.3 Å². The quantitative estimate of drug-likeness (QED) is 0.707. The largest absolute Gasteiger partial charge is 0.479 e. The van der Waals surface area contributed by atoms with Gasteiger partial charge in [-0.1, -0.05) is 27.2 Å². The Morgan fingerprint density at radius 3 is 2.30 bits per heavy atom. The van der Waals surface area contributed by atoms with Gasteiger partial charge >= 0.3 is 5.97 Å². The van der Waals surface area contributed by atoms with Crippen LogP contribution in [0.4, 0.5) is 0 Å². The van der Waals surface area contributed by atoms with E-state index in [2.05, 4.69) is 33.9 Å². The molecule has 4 nitrogen and oxygen atoms in total. The molecule has 5 heteroatoms. The van der Waals surface area contributed by atoms with Crippen LogP contribution in [-0.4, -0.2) is 38.4 Å². The lowest BCUT2D eigenvalue weighted by atomic mass is 9.72. The first-order valence-electron chi connectivity index (χ1n) is 8.96. The molecule has 0 aliphatic heterocycles. The number of carboxylic acid groups (broad SMARTS) is 1. The van der Waals surface area contributed by atoms with Crippen LogP contribution in [0, 0.1) is 17.3 Å². The van der Waals surface area contributed by atoms with E-state index < -0.39 is 20.6 Å². The molecule has 1 fully saturated rings. The highest BCUT2D eigenvalue weighted by Crippen LogP contribution is 2.39. The maximum atomic E-state index is 11.2. The number of carboxylic acids is 1. The molecule has 1 rings (SSSR count). The van der Waals surface area contributed by atoms with Crippen LogP contribution in [-0.2, 0) is 14.0 Å². The Balaban J connectivity index is 2.67. The van der Waals surface area contributed by atoms with E-state index in [1.807, 2.05) is 0 Å². The van der Waals surface area contributed by atoms with Gasteiger partial charge in [0.2, 0.25) is 0 Å². The molecule has 0 aromatic heterocycles. The summed E-state index contributed by atoms with van der Waals surface area (Å²) in [6, 6.07) is 0. The van der Waals surface area contributed by atoms with Gasteiger partial charge in [0.1, 0.15) is 0 Å². The van der Waals surface area contributed by atoms with Crippen LogP contribution in [0.2, 0.25) is 13.1 Å². The van der Waals surface area contributed by atoms with E-state index in [1.54, 1.807) is 13.8 Å². The zero-order chi connectivity index (χ0) is 17.8. The van der Waals surface area contributed by atoms with E-state index in [0.717, 1.165) is 12.8 Å². The van der Waals surface area contributed by atoms with Gasteiger partial charge in [0.05, 0.1) is 12.7 Å². The van der Waals surface area contributed by atoms with Gasteiger partial charge in [0.25, 0.3) is 0 Å².